The highest BCUT2D eigenvalue weighted by Gasteiger charge is 2.25. The van der Waals surface area contributed by atoms with Crippen molar-refractivity contribution in [2.75, 3.05) is 0 Å². The number of hydrogen-bond acceptors (Lipinski definition) is 2. The summed E-state index contributed by atoms with van der Waals surface area (Å²) in [6.45, 7) is 2.80. The molecular formula is C9H11ClN2O2. The predicted octanol–water partition coefficient (Wildman–Crippen LogP) is 1.82. The van der Waals surface area contributed by atoms with Crippen LogP contribution in [0.2, 0.25) is 5.15 Å². The van der Waals surface area contributed by atoms with Gasteiger partial charge >= 0.3 is 5.97 Å². The van der Waals surface area contributed by atoms with E-state index in [-0.39, 0.29) is 5.82 Å². The van der Waals surface area contributed by atoms with E-state index in [1.165, 1.54) is 0 Å². The quantitative estimate of drug-likeness (QED) is 0.776. The molecule has 0 aliphatic carbocycles. The van der Waals surface area contributed by atoms with Crippen molar-refractivity contribution in [1.29, 1.82) is 0 Å². The second-order valence-corrected chi connectivity index (χ2v) is 4.09. The van der Waals surface area contributed by atoms with Crippen molar-refractivity contribution < 1.29 is 9.90 Å². The number of imidazole rings is 1. The van der Waals surface area contributed by atoms with E-state index < -0.39 is 5.97 Å². The van der Waals surface area contributed by atoms with Crippen molar-refractivity contribution in [3.63, 3.8) is 0 Å². The number of carbonyl (C=O) groups is 1. The van der Waals surface area contributed by atoms with Crippen LogP contribution >= 0.6 is 11.6 Å². The number of hydrogen-bond donors (Lipinski definition) is 1. The molecule has 2 heterocycles. The summed E-state index contributed by atoms with van der Waals surface area (Å²) < 4.78 is 1.72. The second-order valence-electron chi connectivity index (χ2n) is 3.73. The zero-order valence-corrected chi connectivity index (χ0v) is 8.58. The summed E-state index contributed by atoms with van der Waals surface area (Å²) in [6, 6.07) is 0. The number of aromatic carboxylic acids is 1. The molecule has 0 bridgehead atoms. The Morgan fingerprint density at radius 2 is 2.43 bits per heavy atom. The van der Waals surface area contributed by atoms with E-state index in [9.17, 15) is 4.79 Å². The van der Waals surface area contributed by atoms with Crippen LogP contribution in [0.1, 0.15) is 29.7 Å². The summed E-state index contributed by atoms with van der Waals surface area (Å²) in [5, 5.41) is 9.24. The van der Waals surface area contributed by atoms with Crippen molar-refractivity contribution in [2.45, 2.75) is 26.3 Å². The van der Waals surface area contributed by atoms with Gasteiger partial charge in [-0.05, 0) is 18.8 Å². The third-order valence-electron chi connectivity index (χ3n) is 2.58. The number of carboxylic acids is 1. The highest BCUT2D eigenvalue weighted by Crippen LogP contribution is 2.26. The first-order valence-corrected chi connectivity index (χ1v) is 4.95. The molecule has 0 saturated heterocycles. The monoisotopic (exact) mass is 214 g/mol. The van der Waals surface area contributed by atoms with E-state index in [2.05, 4.69) is 11.9 Å². The number of carboxylic acid groups (broad SMARTS) is 1. The molecular weight excluding hydrogens is 204 g/mol. The van der Waals surface area contributed by atoms with Gasteiger partial charge in [0.25, 0.3) is 0 Å². The van der Waals surface area contributed by atoms with Gasteiger partial charge in [0.1, 0.15) is 0 Å². The van der Waals surface area contributed by atoms with Crippen LogP contribution in [-0.4, -0.2) is 20.6 Å². The lowest BCUT2D eigenvalue weighted by Gasteiger charge is -2.21. The molecule has 0 saturated carbocycles. The molecule has 1 aliphatic heterocycles. The van der Waals surface area contributed by atoms with Gasteiger partial charge in [-0.3, -0.25) is 0 Å². The van der Waals surface area contributed by atoms with Gasteiger partial charge in [0, 0.05) is 6.54 Å². The van der Waals surface area contributed by atoms with Gasteiger partial charge in [-0.2, -0.15) is 0 Å². The Morgan fingerprint density at radius 3 is 3.07 bits per heavy atom. The van der Waals surface area contributed by atoms with Crippen LogP contribution < -0.4 is 0 Å². The minimum Gasteiger partial charge on any atom is -0.475 e. The Labute approximate surface area is 86.5 Å². The topological polar surface area (TPSA) is 55.1 Å². The smallest absolute Gasteiger partial charge is 0.372 e. The number of nitrogens with zero attached hydrogens (tertiary/aromatic N) is 2. The fourth-order valence-electron chi connectivity index (χ4n) is 1.84. The van der Waals surface area contributed by atoms with E-state index in [1.54, 1.807) is 4.57 Å². The average Bonchev–Trinajstić information content (AvgIpc) is 2.43. The standard InChI is InChI=1S/C9H11ClN2O2/c1-5-2-3-6-7(10)11-8(9(13)14)12(6)4-5/h5H,2-4H2,1H3,(H,13,14). The molecule has 4 nitrogen and oxygen atoms in total. The van der Waals surface area contributed by atoms with Crippen LogP contribution in [0, 0.1) is 5.92 Å². The molecule has 1 N–H and O–H groups in total. The zero-order valence-electron chi connectivity index (χ0n) is 7.83. The summed E-state index contributed by atoms with van der Waals surface area (Å²) in [7, 11) is 0. The predicted molar refractivity (Wildman–Crippen MR) is 51.7 cm³/mol. The van der Waals surface area contributed by atoms with Crippen molar-refractivity contribution in [3.05, 3.63) is 16.7 Å². The molecule has 2 rings (SSSR count). The fraction of sp³-hybridized carbons (Fsp3) is 0.556. The summed E-state index contributed by atoms with van der Waals surface area (Å²) in [6.07, 6.45) is 1.87. The molecule has 5 heteroatoms. The molecule has 1 aromatic rings. The van der Waals surface area contributed by atoms with Crippen molar-refractivity contribution in [3.8, 4) is 0 Å². The molecule has 0 aromatic carbocycles. The van der Waals surface area contributed by atoms with Gasteiger partial charge in [0.05, 0.1) is 5.69 Å². The number of aromatic nitrogens is 2. The summed E-state index contributed by atoms with van der Waals surface area (Å²) in [5.74, 6) is -0.449. The van der Waals surface area contributed by atoms with E-state index in [0.29, 0.717) is 17.6 Å². The third-order valence-corrected chi connectivity index (χ3v) is 2.89. The molecule has 1 atom stereocenters. The average molecular weight is 215 g/mol. The van der Waals surface area contributed by atoms with E-state index >= 15 is 0 Å². The molecule has 1 aromatic heterocycles. The van der Waals surface area contributed by atoms with Crippen molar-refractivity contribution in [2.24, 2.45) is 5.92 Å². The van der Waals surface area contributed by atoms with Gasteiger partial charge in [-0.1, -0.05) is 18.5 Å². The molecule has 1 unspecified atom stereocenters. The van der Waals surface area contributed by atoms with Crippen LogP contribution in [-0.2, 0) is 13.0 Å². The Hall–Kier alpha value is -1.03. The highest BCUT2D eigenvalue weighted by molar-refractivity contribution is 6.30. The third kappa shape index (κ3) is 1.39. The van der Waals surface area contributed by atoms with Crippen LogP contribution in [0.3, 0.4) is 0 Å². The fourth-order valence-corrected chi connectivity index (χ4v) is 2.12. The molecule has 14 heavy (non-hydrogen) atoms. The lowest BCUT2D eigenvalue weighted by molar-refractivity contribution is 0.0675. The van der Waals surface area contributed by atoms with Crippen LogP contribution in [0.25, 0.3) is 0 Å². The van der Waals surface area contributed by atoms with Gasteiger partial charge in [0.2, 0.25) is 5.82 Å². The Morgan fingerprint density at radius 1 is 1.71 bits per heavy atom. The van der Waals surface area contributed by atoms with Crippen LogP contribution in [0.4, 0.5) is 0 Å². The molecule has 0 radical (unpaired) electrons. The van der Waals surface area contributed by atoms with Gasteiger partial charge in [-0.15, -0.1) is 0 Å². The maximum atomic E-state index is 10.9. The summed E-state index contributed by atoms with van der Waals surface area (Å²) in [4.78, 5) is 14.7. The van der Waals surface area contributed by atoms with Crippen LogP contribution in [0.5, 0.6) is 0 Å². The Balaban J connectivity index is 2.50. The minimum absolute atomic E-state index is 0.0663. The number of halogens is 1. The Bertz CT molecular complexity index is 386. The first-order chi connectivity index (χ1) is 6.59. The lowest BCUT2D eigenvalue weighted by atomic mass is 10.0. The first-order valence-electron chi connectivity index (χ1n) is 4.57. The Kier molecular flexibility index (Phi) is 2.23. The van der Waals surface area contributed by atoms with Gasteiger partial charge in [-0.25, -0.2) is 9.78 Å². The van der Waals surface area contributed by atoms with E-state index in [1.807, 2.05) is 0 Å². The molecule has 0 fully saturated rings. The molecule has 0 amide bonds. The lowest BCUT2D eigenvalue weighted by Crippen LogP contribution is -2.21. The number of rotatable bonds is 1. The van der Waals surface area contributed by atoms with E-state index in [0.717, 1.165) is 18.5 Å². The highest BCUT2D eigenvalue weighted by atomic mass is 35.5. The van der Waals surface area contributed by atoms with Crippen molar-refractivity contribution in [1.82, 2.24) is 9.55 Å². The second kappa shape index (κ2) is 3.28. The first kappa shape index (κ1) is 9.52. The van der Waals surface area contributed by atoms with Crippen LogP contribution in [0.15, 0.2) is 0 Å². The van der Waals surface area contributed by atoms with E-state index in [4.69, 9.17) is 16.7 Å². The SMILES string of the molecule is CC1CCc2c(Cl)nc(C(=O)O)n2C1. The zero-order chi connectivity index (χ0) is 10.3. The summed E-state index contributed by atoms with van der Waals surface area (Å²) >= 11 is 5.86. The molecule has 0 spiro atoms. The molecule has 1 aliphatic rings. The minimum atomic E-state index is -1.01. The van der Waals surface area contributed by atoms with Crippen molar-refractivity contribution >= 4 is 17.6 Å². The maximum absolute atomic E-state index is 10.9. The molecule has 76 valence electrons. The normalized spacial score (nSPS) is 20.6. The number of fused-ring (bicyclic) bond motifs is 1. The largest absolute Gasteiger partial charge is 0.475 e. The maximum Gasteiger partial charge on any atom is 0.372 e. The van der Waals surface area contributed by atoms with Gasteiger partial charge in [0.15, 0.2) is 5.15 Å². The van der Waals surface area contributed by atoms with Gasteiger partial charge < -0.3 is 9.67 Å². The summed E-state index contributed by atoms with van der Waals surface area (Å²) in [5.41, 5.74) is 0.863.